The van der Waals surface area contributed by atoms with Crippen LogP contribution in [-0.2, 0) is 31.2 Å². The maximum absolute atomic E-state index is 15.3. The standard InChI is InChI=1S/C21H25FN6O/c1-13(29)27-8-7-18-17(12-27)21(25-26(18)3)28-9-6-16-19(28)5-4-15(20(16)22)14(10-23)11-24-2/h4-5,10-11,23-24H,6-9,12H2,1-3H3/b14-11+,23-10?. The molecule has 2 aliphatic heterocycles. The molecule has 0 fully saturated rings. The number of nitrogens with zero attached hydrogens (tertiary/aromatic N) is 4. The zero-order valence-corrected chi connectivity index (χ0v) is 16.9. The number of aryl methyl sites for hydroxylation is 1. The summed E-state index contributed by atoms with van der Waals surface area (Å²) in [4.78, 5) is 15.8. The molecule has 152 valence electrons. The van der Waals surface area contributed by atoms with Crippen LogP contribution in [0, 0.1) is 11.2 Å². The number of hydrogen-bond donors (Lipinski definition) is 2. The summed E-state index contributed by atoms with van der Waals surface area (Å²) in [5, 5.41) is 15.2. The molecule has 0 bridgehead atoms. The van der Waals surface area contributed by atoms with Crippen molar-refractivity contribution in [2.24, 2.45) is 7.05 Å². The Kier molecular flexibility index (Phi) is 4.86. The highest BCUT2D eigenvalue weighted by atomic mass is 19.1. The Morgan fingerprint density at radius 1 is 1.28 bits per heavy atom. The van der Waals surface area contributed by atoms with E-state index in [1.54, 1.807) is 26.2 Å². The summed E-state index contributed by atoms with van der Waals surface area (Å²) in [7, 11) is 3.65. The van der Waals surface area contributed by atoms with E-state index in [1.807, 2.05) is 22.7 Å². The summed E-state index contributed by atoms with van der Waals surface area (Å²) in [5.74, 6) is 0.570. The second kappa shape index (κ2) is 7.35. The highest BCUT2D eigenvalue weighted by Crippen LogP contribution is 2.40. The van der Waals surface area contributed by atoms with E-state index in [4.69, 9.17) is 10.5 Å². The van der Waals surface area contributed by atoms with Gasteiger partial charge in [-0.05, 0) is 18.6 Å². The number of anilines is 2. The normalized spacial score (nSPS) is 15.9. The summed E-state index contributed by atoms with van der Waals surface area (Å²) in [5.41, 5.74) is 4.54. The van der Waals surface area contributed by atoms with Crippen LogP contribution in [-0.4, -0.2) is 46.9 Å². The molecule has 0 spiro atoms. The molecule has 3 heterocycles. The molecule has 7 nitrogen and oxygen atoms in total. The van der Waals surface area contributed by atoms with E-state index in [9.17, 15) is 4.79 Å². The third kappa shape index (κ3) is 3.08. The van der Waals surface area contributed by atoms with E-state index >= 15 is 4.39 Å². The number of hydrogen-bond acceptors (Lipinski definition) is 5. The maximum atomic E-state index is 15.3. The highest BCUT2D eigenvalue weighted by molar-refractivity contribution is 6.08. The van der Waals surface area contributed by atoms with Crippen LogP contribution < -0.4 is 10.2 Å². The van der Waals surface area contributed by atoms with Crippen LogP contribution in [0.15, 0.2) is 18.3 Å². The van der Waals surface area contributed by atoms with E-state index in [0.717, 1.165) is 35.4 Å². The summed E-state index contributed by atoms with van der Waals surface area (Å²) < 4.78 is 17.1. The van der Waals surface area contributed by atoms with Gasteiger partial charge in [0.2, 0.25) is 5.91 Å². The lowest BCUT2D eigenvalue weighted by Gasteiger charge is -2.28. The van der Waals surface area contributed by atoms with Gasteiger partial charge in [-0.2, -0.15) is 5.10 Å². The molecule has 4 rings (SSSR count). The Labute approximate surface area is 169 Å². The van der Waals surface area contributed by atoms with Crippen molar-refractivity contribution in [3.8, 4) is 0 Å². The molecule has 29 heavy (non-hydrogen) atoms. The molecule has 8 heteroatoms. The van der Waals surface area contributed by atoms with Crippen molar-refractivity contribution in [3.63, 3.8) is 0 Å². The second-order valence-corrected chi connectivity index (χ2v) is 7.42. The van der Waals surface area contributed by atoms with Crippen molar-refractivity contribution < 1.29 is 9.18 Å². The number of fused-ring (bicyclic) bond motifs is 2. The molecule has 2 N–H and O–H groups in total. The monoisotopic (exact) mass is 396 g/mol. The van der Waals surface area contributed by atoms with Crippen molar-refractivity contribution >= 4 is 29.2 Å². The fraction of sp³-hybridized carbons (Fsp3) is 0.381. The smallest absolute Gasteiger partial charge is 0.219 e. The fourth-order valence-corrected chi connectivity index (χ4v) is 4.30. The number of benzene rings is 1. The van der Waals surface area contributed by atoms with Gasteiger partial charge in [0.25, 0.3) is 0 Å². The first-order valence-corrected chi connectivity index (χ1v) is 9.73. The second-order valence-electron chi connectivity index (χ2n) is 7.42. The Balaban J connectivity index is 1.75. The van der Waals surface area contributed by atoms with Crippen molar-refractivity contribution in [2.75, 3.05) is 25.0 Å². The first-order chi connectivity index (χ1) is 14.0. The van der Waals surface area contributed by atoms with Crippen molar-refractivity contribution in [2.45, 2.75) is 26.3 Å². The predicted molar refractivity (Wildman–Crippen MR) is 111 cm³/mol. The average Bonchev–Trinajstić information content (AvgIpc) is 3.28. The molecule has 0 saturated heterocycles. The molecular formula is C21H25FN6O. The van der Waals surface area contributed by atoms with Crippen LogP contribution in [0.2, 0.25) is 0 Å². The molecule has 0 atom stereocenters. The minimum atomic E-state index is -0.287. The SMILES string of the molecule is CN/C=C(\C=N)c1ccc2c(c1F)CCN2c1nn(C)c2c1CN(C(C)=O)CC2. The number of allylic oxidation sites excluding steroid dienone is 1. The van der Waals surface area contributed by atoms with Gasteiger partial charge < -0.3 is 20.5 Å². The van der Waals surface area contributed by atoms with E-state index in [2.05, 4.69) is 10.2 Å². The summed E-state index contributed by atoms with van der Waals surface area (Å²) in [6.07, 6.45) is 4.11. The van der Waals surface area contributed by atoms with E-state index in [-0.39, 0.29) is 11.7 Å². The lowest BCUT2D eigenvalue weighted by Crippen LogP contribution is -2.35. The topological polar surface area (TPSA) is 77.2 Å². The Hall–Kier alpha value is -3.16. The molecule has 0 aliphatic carbocycles. The van der Waals surface area contributed by atoms with Crippen LogP contribution in [0.4, 0.5) is 15.9 Å². The van der Waals surface area contributed by atoms with Gasteiger partial charge >= 0.3 is 0 Å². The van der Waals surface area contributed by atoms with E-state index in [1.165, 1.54) is 0 Å². The van der Waals surface area contributed by atoms with Gasteiger partial charge in [0.15, 0.2) is 5.82 Å². The number of aromatic nitrogens is 2. The van der Waals surface area contributed by atoms with Gasteiger partial charge in [0.1, 0.15) is 5.82 Å². The first kappa shape index (κ1) is 19.2. The number of rotatable bonds is 4. The molecule has 1 amide bonds. The van der Waals surface area contributed by atoms with Crippen LogP contribution in [0.5, 0.6) is 0 Å². The van der Waals surface area contributed by atoms with Gasteiger partial charge in [-0.3, -0.25) is 9.48 Å². The minimum Gasteiger partial charge on any atom is -0.393 e. The van der Waals surface area contributed by atoms with Crippen molar-refractivity contribution in [1.29, 1.82) is 5.41 Å². The lowest BCUT2D eigenvalue weighted by molar-refractivity contribution is -0.129. The molecule has 0 unspecified atom stereocenters. The van der Waals surface area contributed by atoms with Crippen LogP contribution >= 0.6 is 0 Å². The molecule has 0 radical (unpaired) electrons. The lowest BCUT2D eigenvalue weighted by atomic mass is 10.0. The quantitative estimate of drug-likeness (QED) is 0.778. The van der Waals surface area contributed by atoms with Crippen LogP contribution in [0.1, 0.15) is 29.3 Å². The van der Waals surface area contributed by atoms with Gasteiger partial charge in [0.05, 0.1) is 6.54 Å². The van der Waals surface area contributed by atoms with Gasteiger partial charge in [-0.25, -0.2) is 4.39 Å². The van der Waals surface area contributed by atoms with Gasteiger partial charge in [0, 0.05) is 86.6 Å². The van der Waals surface area contributed by atoms with Gasteiger partial charge in [-0.1, -0.05) is 0 Å². The molecular weight excluding hydrogens is 371 g/mol. The van der Waals surface area contributed by atoms with Crippen molar-refractivity contribution in [3.05, 3.63) is 46.5 Å². The van der Waals surface area contributed by atoms with E-state index < -0.39 is 0 Å². The molecule has 1 aromatic carbocycles. The summed E-state index contributed by atoms with van der Waals surface area (Å²) in [6.45, 7) is 3.45. The number of carbonyl (C=O) groups excluding carboxylic acids is 1. The Bertz CT molecular complexity index is 1020. The molecule has 2 aliphatic rings. The summed E-state index contributed by atoms with van der Waals surface area (Å²) >= 11 is 0. The number of amides is 1. The zero-order chi connectivity index (χ0) is 20.7. The Morgan fingerprint density at radius 2 is 2.07 bits per heavy atom. The zero-order valence-electron chi connectivity index (χ0n) is 16.9. The third-order valence-corrected chi connectivity index (χ3v) is 5.78. The van der Waals surface area contributed by atoms with E-state index in [0.29, 0.717) is 42.8 Å². The maximum Gasteiger partial charge on any atom is 0.219 e. The number of carbonyl (C=O) groups is 1. The van der Waals surface area contributed by atoms with Crippen LogP contribution in [0.3, 0.4) is 0 Å². The minimum absolute atomic E-state index is 0.0541. The highest BCUT2D eigenvalue weighted by Gasteiger charge is 2.32. The predicted octanol–water partition coefficient (Wildman–Crippen LogP) is 2.37. The van der Waals surface area contributed by atoms with Crippen LogP contribution in [0.25, 0.3) is 5.57 Å². The largest absolute Gasteiger partial charge is 0.393 e. The van der Waals surface area contributed by atoms with Crippen molar-refractivity contribution in [1.82, 2.24) is 20.0 Å². The van der Waals surface area contributed by atoms with Gasteiger partial charge in [-0.15, -0.1) is 0 Å². The number of halogens is 1. The fourth-order valence-electron chi connectivity index (χ4n) is 4.30. The average molecular weight is 396 g/mol. The molecule has 0 saturated carbocycles. The molecule has 1 aromatic heterocycles. The third-order valence-electron chi connectivity index (χ3n) is 5.78. The number of nitrogens with one attached hydrogen (secondary N) is 2. The molecule has 2 aromatic rings. The first-order valence-electron chi connectivity index (χ1n) is 9.73. The Morgan fingerprint density at radius 3 is 2.76 bits per heavy atom. The summed E-state index contributed by atoms with van der Waals surface area (Å²) in [6, 6.07) is 3.62.